The first-order chi connectivity index (χ1) is 16.0. The van der Waals surface area contributed by atoms with Gasteiger partial charge in [-0.2, -0.15) is 0 Å². The fourth-order valence-electron chi connectivity index (χ4n) is 3.45. The molecule has 5 nitrogen and oxygen atoms in total. The maximum Gasteiger partial charge on any atom is 0.266 e. The second-order valence-electron chi connectivity index (χ2n) is 7.69. The molecule has 4 rings (SSSR count). The third-order valence-corrected chi connectivity index (χ3v) is 6.20. The van der Waals surface area contributed by atoms with E-state index in [1.165, 1.54) is 17.3 Å². The number of hydrogen-bond donors (Lipinski definition) is 1. The van der Waals surface area contributed by atoms with E-state index in [0.717, 1.165) is 23.2 Å². The lowest BCUT2D eigenvalue weighted by Crippen LogP contribution is -2.31. The van der Waals surface area contributed by atoms with Crippen LogP contribution in [0, 0.1) is 6.92 Å². The molecule has 1 fully saturated rings. The van der Waals surface area contributed by atoms with Crippen LogP contribution in [0.1, 0.15) is 23.6 Å². The molecule has 0 aliphatic carbocycles. The molecule has 0 atom stereocenters. The van der Waals surface area contributed by atoms with Gasteiger partial charge in [0.15, 0.2) is 16.7 Å². The Bertz CT molecular complexity index is 1190. The minimum Gasteiger partial charge on any atom is -0.504 e. The summed E-state index contributed by atoms with van der Waals surface area (Å²) in [6.07, 6.45) is 2.56. The number of benzene rings is 3. The highest BCUT2D eigenvalue weighted by molar-refractivity contribution is 8.18. The van der Waals surface area contributed by atoms with E-state index >= 15 is 0 Å². The van der Waals surface area contributed by atoms with Gasteiger partial charge in [0.1, 0.15) is 0 Å². The van der Waals surface area contributed by atoms with Crippen LogP contribution in [0.3, 0.4) is 0 Å². The summed E-state index contributed by atoms with van der Waals surface area (Å²) in [5.74, 6) is 0.403. The molecule has 0 bridgehead atoms. The quantitative estimate of drug-likeness (QED) is 0.445. The van der Waals surface area contributed by atoms with E-state index in [1.54, 1.807) is 23.1 Å². The zero-order chi connectivity index (χ0) is 23.2. The Labute approximate surface area is 198 Å². The molecule has 1 amide bonds. The normalized spacial score (nSPS) is 16.1. The molecule has 1 N–H and O–H groups in total. The highest BCUT2D eigenvalue weighted by Gasteiger charge is 2.33. The molecule has 0 aromatic heterocycles. The Morgan fingerprint density at radius 1 is 1.06 bits per heavy atom. The first-order valence-electron chi connectivity index (χ1n) is 10.9. The van der Waals surface area contributed by atoms with Crippen molar-refractivity contribution in [2.45, 2.75) is 20.3 Å². The van der Waals surface area contributed by atoms with Gasteiger partial charge in [0.05, 0.1) is 17.2 Å². The monoisotopic (exact) mass is 458 g/mol. The molecule has 0 saturated carbocycles. The van der Waals surface area contributed by atoms with Crippen molar-refractivity contribution in [1.82, 2.24) is 4.90 Å². The Kier molecular flexibility index (Phi) is 7.15. The maximum atomic E-state index is 13.3. The van der Waals surface area contributed by atoms with Gasteiger partial charge in [0.2, 0.25) is 0 Å². The summed E-state index contributed by atoms with van der Waals surface area (Å²) in [7, 11) is 0. The first-order valence-corrected chi connectivity index (χ1v) is 11.7. The molecule has 1 aliphatic heterocycles. The van der Waals surface area contributed by atoms with Crippen LogP contribution in [0.4, 0.5) is 5.69 Å². The minimum atomic E-state index is -0.0761. The number of aliphatic imine (C=N–C) groups is 1. The van der Waals surface area contributed by atoms with E-state index in [1.807, 2.05) is 62.4 Å². The molecule has 0 spiro atoms. The van der Waals surface area contributed by atoms with Crippen LogP contribution in [0.5, 0.6) is 11.5 Å². The zero-order valence-electron chi connectivity index (χ0n) is 18.7. The lowest BCUT2D eigenvalue weighted by Gasteiger charge is -2.15. The first kappa shape index (κ1) is 22.7. The van der Waals surface area contributed by atoms with Gasteiger partial charge in [-0.1, -0.05) is 54.1 Å². The molecule has 0 radical (unpaired) electrons. The van der Waals surface area contributed by atoms with Gasteiger partial charge in [-0.15, -0.1) is 0 Å². The number of phenolic OH excluding ortho intramolecular Hbond substituents is 1. The van der Waals surface area contributed by atoms with Crippen molar-refractivity contribution in [1.29, 1.82) is 0 Å². The van der Waals surface area contributed by atoms with Crippen LogP contribution in [-0.2, 0) is 11.2 Å². The molecule has 3 aromatic carbocycles. The van der Waals surface area contributed by atoms with E-state index in [9.17, 15) is 9.90 Å². The number of carbonyl (C=O) groups is 1. The average molecular weight is 459 g/mol. The molecule has 1 saturated heterocycles. The Balaban J connectivity index is 1.64. The predicted octanol–water partition coefficient (Wildman–Crippen LogP) is 5.95. The van der Waals surface area contributed by atoms with E-state index in [-0.39, 0.29) is 11.7 Å². The smallest absolute Gasteiger partial charge is 0.266 e. The molecule has 0 unspecified atom stereocenters. The minimum absolute atomic E-state index is 0.0761. The summed E-state index contributed by atoms with van der Waals surface area (Å²) in [6, 6.07) is 23.1. The van der Waals surface area contributed by atoms with Crippen LogP contribution in [0.25, 0.3) is 6.08 Å². The SMILES string of the molecule is CCOc1cc(/C=C2/SC(=Nc3ccc(C)cc3)N(CCc3ccccc3)C2=O)ccc1O. The van der Waals surface area contributed by atoms with Crippen LogP contribution in [0.15, 0.2) is 82.7 Å². The Morgan fingerprint density at radius 2 is 1.82 bits per heavy atom. The summed E-state index contributed by atoms with van der Waals surface area (Å²) in [6.45, 7) is 4.88. The molecule has 1 heterocycles. The molecular weight excluding hydrogens is 432 g/mol. The van der Waals surface area contributed by atoms with Gasteiger partial charge < -0.3 is 9.84 Å². The lowest BCUT2D eigenvalue weighted by atomic mass is 10.1. The van der Waals surface area contributed by atoms with E-state index in [0.29, 0.717) is 29.0 Å². The summed E-state index contributed by atoms with van der Waals surface area (Å²) in [5, 5.41) is 10.6. The summed E-state index contributed by atoms with van der Waals surface area (Å²) < 4.78 is 5.48. The van der Waals surface area contributed by atoms with Crippen molar-refractivity contribution in [3.8, 4) is 11.5 Å². The van der Waals surface area contributed by atoms with Crippen LogP contribution in [0.2, 0.25) is 0 Å². The number of aromatic hydroxyl groups is 1. The number of thioether (sulfide) groups is 1. The molecule has 168 valence electrons. The van der Waals surface area contributed by atoms with Crippen LogP contribution in [-0.4, -0.2) is 34.2 Å². The van der Waals surface area contributed by atoms with Gasteiger partial charge >= 0.3 is 0 Å². The van der Waals surface area contributed by atoms with Crippen LogP contribution < -0.4 is 4.74 Å². The summed E-state index contributed by atoms with van der Waals surface area (Å²) in [4.78, 5) is 20.4. The van der Waals surface area contributed by atoms with Gasteiger partial charge in [0.25, 0.3) is 5.91 Å². The number of amidine groups is 1. The Morgan fingerprint density at radius 3 is 2.55 bits per heavy atom. The summed E-state index contributed by atoms with van der Waals surface area (Å²) in [5.41, 5.74) is 3.92. The van der Waals surface area contributed by atoms with E-state index in [2.05, 4.69) is 12.1 Å². The number of carbonyl (C=O) groups excluding carboxylic acids is 1. The third kappa shape index (κ3) is 5.65. The van der Waals surface area contributed by atoms with Gasteiger partial charge in [-0.25, -0.2) is 4.99 Å². The van der Waals surface area contributed by atoms with E-state index < -0.39 is 0 Å². The predicted molar refractivity (Wildman–Crippen MR) is 135 cm³/mol. The highest BCUT2D eigenvalue weighted by Crippen LogP contribution is 2.36. The van der Waals surface area contributed by atoms with Crippen LogP contribution >= 0.6 is 11.8 Å². The number of amides is 1. The number of ether oxygens (including phenoxy) is 1. The maximum absolute atomic E-state index is 13.3. The molecule has 1 aliphatic rings. The van der Waals surface area contributed by atoms with Crippen molar-refractivity contribution in [3.05, 3.63) is 94.4 Å². The second-order valence-corrected chi connectivity index (χ2v) is 8.70. The van der Waals surface area contributed by atoms with Crippen molar-refractivity contribution in [2.24, 2.45) is 4.99 Å². The molecular formula is C27H26N2O3S. The number of aryl methyl sites for hydroxylation is 1. The second kappa shape index (κ2) is 10.4. The van der Waals surface area contributed by atoms with Gasteiger partial charge in [-0.05, 0) is 73.5 Å². The van der Waals surface area contributed by atoms with Crippen molar-refractivity contribution < 1.29 is 14.6 Å². The number of phenols is 1. The fraction of sp³-hybridized carbons (Fsp3) is 0.185. The molecule has 33 heavy (non-hydrogen) atoms. The number of hydrogen-bond acceptors (Lipinski definition) is 5. The van der Waals surface area contributed by atoms with Crippen molar-refractivity contribution in [3.63, 3.8) is 0 Å². The highest BCUT2D eigenvalue weighted by atomic mass is 32.2. The van der Waals surface area contributed by atoms with Gasteiger partial charge in [-0.3, -0.25) is 9.69 Å². The van der Waals surface area contributed by atoms with Crippen molar-refractivity contribution in [2.75, 3.05) is 13.2 Å². The molecule has 6 heteroatoms. The average Bonchev–Trinajstić information content (AvgIpc) is 3.11. The van der Waals surface area contributed by atoms with Crippen molar-refractivity contribution >= 4 is 34.6 Å². The Hall–Kier alpha value is -3.51. The molecule has 3 aromatic rings. The largest absolute Gasteiger partial charge is 0.504 e. The van der Waals surface area contributed by atoms with Gasteiger partial charge in [0, 0.05) is 6.54 Å². The zero-order valence-corrected chi connectivity index (χ0v) is 19.5. The number of rotatable bonds is 7. The lowest BCUT2D eigenvalue weighted by molar-refractivity contribution is -0.122. The standard InChI is InChI=1S/C27H26N2O3S/c1-3-32-24-17-21(11-14-23(24)30)18-25-26(31)29(16-15-20-7-5-4-6-8-20)27(33-25)28-22-12-9-19(2)10-13-22/h4-14,17-18,30H,3,15-16H2,1-2H3/b25-18+,28-27?. The topological polar surface area (TPSA) is 62.1 Å². The number of nitrogens with zero attached hydrogens (tertiary/aromatic N) is 2. The summed E-state index contributed by atoms with van der Waals surface area (Å²) >= 11 is 1.36. The third-order valence-electron chi connectivity index (χ3n) is 5.20. The van der Waals surface area contributed by atoms with E-state index in [4.69, 9.17) is 9.73 Å². The fourth-order valence-corrected chi connectivity index (χ4v) is 4.47.